The maximum absolute atomic E-state index is 12.9. The minimum Gasteiger partial charge on any atom is -0.233 e. The molecule has 23 heavy (non-hydrogen) atoms. The van der Waals surface area contributed by atoms with Crippen LogP contribution in [0.15, 0.2) is 65.7 Å². The lowest BCUT2D eigenvalue weighted by Crippen LogP contribution is -2.08. The van der Waals surface area contributed by atoms with Crippen LogP contribution in [0.3, 0.4) is 0 Å². The molecule has 0 aliphatic heterocycles. The summed E-state index contributed by atoms with van der Waals surface area (Å²) in [6.07, 6.45) is 0. The summed E-state index contributed by atoms with van der Waals surface area (Å²) in [4.78, 5) is 0. The van der Waals surface area contributed by atoms with E-state index in [0.29, 0.717) is 5.56 Å². The van der Waals surface area contributed by atoms with E-state index in [1.165, 1.54) is 4.68 Å². The SMILES string of the molecule is FC(F)(F)Sc1c(-c2ccccc2)nnn1Cc1ccccc1. The molecule has 0 aliphatic carbocycles. The maximum atomic E-state index is 12.9. The first kappa shape index (κ1) is 15.6. The molecule has 118 valence electrons. The Morgan fingerprint density at radius 2 is 1.52 bits per heavy atom. The Balaban J connectivity index is 2.01. The number of hydrogen-bond acceptors (Lipinski definition) is 3. The molecule has 0 saturated carbocycles. The van der Waals surface area contributed by atoms with Gasteiger partial charge in [-0.2, -0.15) is 13.2 Å². The fourth-order valence-electron chi connectivity index (χ4n) is 2.15. The number of nitrogens with zero attached hydrogens (tertiary/aromatic N) is 3. The largest absolute Gasteiger partial charge is 0.447 e. The second-order valence-corrected chi connectivity index (χ2v) is 5.85. The Kier molecular flexibility index (Phi) is 4.38. The number of hydrogen-bond donors (Lipinski definition) is 0. The number of thioether (sulfide) groups is 1. The van der Waals surface area contributed by atoms with Crippen molar-refractivity contribution in [3.8, 4) is 11.3 Å². The number of benzene rings is 2. The van der Waals surface area contributed by atoms with E-state index in [1.54, 1.807) is 30.3 Å². The van der Waals surface area contributed by atoms with E-state index in [9.17, 15) is 13.2 Å². The van der Waals surface area contributed by atoms with Crippen molar-refractivity contribution in [1.29, 1.82) is 0 Å². The number of alkyl halides is 3. The monoisotopic (exact) mass is 335 g/mol. The Bertz CT molecular complexity index is 770. The first-order chi connectivity index (χ1) is 11.0. The van der Waals surface area contributed by atoms with Crippen LogP contribution in [-0.4, -0.2) is 20.5 Å². The lowest BCUT2D eigenvalue weighted by atomic mass is 10.2. The van der Waals surface area contributed by atoms with E-state index in [1.807, 2.05) is 30.3 Å². The van der Waals surface area contributed by atoms with Crippen LogP contribution >= 0.6 is 11.8 Å². The van der Waals surface area contributed by atoms with Crippen LogP contribution in [0.25, 0.3) is 11.3 Å². The Morgan fingerprint density at radius 1 is 0.913 bits per heavy atom. The van der Waals surface area contributed by atoms with Crippen molar-refractivity contribution in [2.75, 3.05) is 0 Å². The molecule has 0 aliphatic rings. The van der Waals surface area contributed by atoms with Gasteiger partial charge in [-0.3, -0.25) is 0 Å². The molecule has 7 heteroatoms. The average Bonchev–Trinajstić information content (AvgIpc) is 2.90. The summed E-state index contributed by atoms with van der Waals surface area (Å²) in [5.74, 6) is 0. The Hall–Kier alpha value is -2.28. The van der Waals surface area contributed by atoms with Crippen molar-refractivity contribution in [1.82, 2.24) is 15.0 Å². The summed E-state index contributed by atoms with van der Waals surface area (Å²) < 4.78 is 40.1. The Labute approximate surface area is 135 Å². The predicted octanol–water partition coefficient (Wildman–Crippen LogP) is 4.61. The van der Waals surface area contributed by atoms with Gasteiger partial charge in [0, 0.05) is 17.3 Å². The molecular weight excluding hydrogens is 323 g/mol. The van der Waals surface area contributed by atoms with Gasteiger partial charge in [0.05, 0.1) is 6.54 Å². The molecule has 1 aromatic heterocycles. The van der Waals surface area contributed by atoms with Gasteiger partial charge in [0.15, 0.2) is 0 Å². The fourth-order valence-corrected chi connectivity index (χ4v) is 2.83. The highest BCUT2D eigenvalue weighted by Gasteiger charge is 2.33. The van der Waals surface area contributed by atoms with Crippen LogP contribution in [0.2, 0.25) is 0 Å². The normalized spacial score (nSPS) is 11.6. The molecule has 0 N–H and O–H groups in total. The van der Waals surface area contributed by atoms with Crippen molar-refractivity contribution < 1.29 is 13.2 Å². The van der Waals surface area contributed by atoms with Gasteiger partial charge >= 0.3 is 5.51 Å². The molecular formula is C16H12F3N3S. The minimum atomic E-state index is -4.40. The second-order valence-electron chi connectivity index (χ2n) is 4.80. The number of aromatic nitrogens is 3. The molecule has 3 aromatic rings. The summed E-state index contributed by atoms with van der Waals surface area (Å²) in [5, 5.41) is 7.87. The number of rotatable bonds is 4. The van der Waals surface area contributed by atoms with Crippen LogP contribution in [-0.2, 0) is 6.54 Å². The van der Waals surface area contributed by atoms with Gasteiger partial charge < -0.3 is 0 Å². The Morgan fingerprint density at radius 3 is 2.13 bits per heavy atom. The molecule has 0 saturated heterocycles. The molecule has 0 fully saturated rings. The van der Waals surface area contributed by atoms with Gasteiger partial charge in [0.2, 0.25) is 0 Å². The fraction of sp³-hybridized carbons (Fsp3) is 0.125. The summed E-state index contributed by atoms with van der Waals surface area (Å²) in [6.45, 7) is 0.235. The van der Waals surface area contributed by atoms with Crippen LogP contribution in [0, 0.1) is 0 Å². The van der Waals surface area contributed by atoms with E-state index >= 15 is 0 Å². The first-order valence-electron chi connectivity index (χ1n) is 6.81. The molecule has 0 atom stereocenters. The van der Waals surface area contributed by atoms with Crippen molar-refractivity contribution in [2.45, 2.75) is 17.1 Å². The molecule has 2 aromatic carbocycles. The average molecular weight is 335 g/mol. The molecule has 1 heterocycles. The van der Waals surface area contributed by atoms with E-state index in [2.05, 4.69) is 10.3 Å². The summed E-state index contributed by atoms with van der Waals surface area (Å²) in [7, 11) is 0. The highest BCUT2D eigenvalue weighted by atomic mass is 32.2. The van der Waals surface area contributed by atoms with E-state index in [4.69, 9.17) is 0 Å². The summed E-state index contributed by atoms with van der Waals surface area (Å²) in [6, 6.07) is 18.0. The highest BCUT2D eigenvalue weighted by Crippen LogP contribution is 2.40. The van der Waals surface area contributed by atoms with Crippen LogP contribution in [0.5, 0.6) is 0 Å². The van der Waals surface area contributed by atoms with E-state index in [0.717, 1.165) is 5.56 Å². The van der Waals surface area contributed by atoms with Crippen molar-refractivity contribution in [2.24, 2.45) is 0 Å². The third kappa shape index (κ3) is 3.92. The van der Waals surface area contributed by atoms with Crippen molar-refractivity contribution in [3.05, 3.63) is 66.2 Å². The minimum absolute atomic E-state index is 0.00690. The lowest BCUT2D eigenvalue weighted by molar-refractivity contribution is -0.0330. The maximum Gasteiger partial charge on any atom is 0.447 e. The standard InChI is InChI=1S/C16H12F3N3S/c17-16(18,19)23-15-14(13-9-5-2-6-10-13)20-21-22(15)11-12-7-3-1-4-8-12/h1-10H,11H2. The van der Waals surface area contributed by atoms with Crippen molar-refractivity contribution in [3.63, 3.8) is 0 Å². The molecule has 0 amide bonds. The smallest absolute Gasteiger partial charge is 0.233 e. The predicted molar refractivity (Wildman–Crippen MR) is 82.9 cm³/mol. The molecule has 0 unspecified atom stereocenters. The first-order valence-corrected chi connectivity index (χ1v) is 7.63. The van der Waals surface area contributed by atoms with Crippen LogP contribution in [0.1, 0.15) is 5.56 Å². The molecule has 3 rings (SSSR count). The molecule has 0 spiro atoms. The van der Waals surface area contributed by atoms with Gasteiger partial charge in [0.25, 0.3) is 0 Å². The van der Waals surface area contributed by atoms with E-state index < -0.39 is 5.51 Å². The van der Waals surface area contributed by atoms with Gasteiger partial charge in [-0.25, -0.2) is 4.68 Å². The highest BCUT2D eigenvalue weighted by molar-refractivity contribution is 8.00. The van der Waals surface area contributed by atoms with Crippen LogP contribution < -0.4 is 0 Å². The lowest BCUT2D eigenvalue weighted by Gasteiger charge is -2.10. The zero-order valence-electron chi connectivity index (χ0n) is 11.9. The molecule has 0 radical (unpaired) electrons. The van der Waals surface area contributed by atoms with Gasteiger partial charge in [-0.15, -0.1) is 5.10 Å². The van der Waals surface area contributed by atoms with Gasteiger partial charge in [-0.05, 0) is 5.56 Å². The third-order valence-electron chi connectivity index (χ3n) is 3.12. The zero-order valence-corrected chi connectivity index (χ0v) is 12.7. The molecule has 0 bridgehead atoms. The quantitative estimate of drug-likeness (QED) is 0.653. The molecule has 3 nitrogen and oxygen atoms in total. The summed E-state index contributed by atoms with van der Waals surface area (Å²) in [5.41, 5.74) is -2.69. The zero-order chi connectivity index (χ0) is 16.3. The second kappa shape index (κ2) is 6.45. The summed E-state index contributed by atoms with van der Waals surface area (Å²) >= 11 is -0.187. The third-order valence-corrected chi connectivity index (χ3v) is 3.95. The topological polar surface area (TPSA) is 30.7 Å². The van der Waals surface area contributed by atoms with Gasteiger partial charge in [0.1, 0.15) is 10.7 Å². The number of halogens is 3. The van der Waals surface area contributed by atoms with Crippen molar-refractivity contribution >= 4 is 11.8 Å². The van der Waals surface area contributed by atoms with Crippen LogP contribution in [0.4, 0.5) is 13.2 Å². The van der Waals surface area contributed by atoms with Gasteiger partial charge in [-0.1, -0.05) is 65.9 Å². The van der Waals surface area contributed by atoms with E-state index in [-0.39, 0.29) is 29.0 Å².